The summed E-state index contributed by atoms with van der Waals surface area (Å²) in [6.45, 7) is 9.76. The third-order valence-electron chi connectivity index (χ3n) is 3.16. The van der Waals surface area contributed by atoms with Gasteiger partial charge in [-0.1, -0.05) is 59.3 Å². The Labute approximate surface area is 115 Å². The van der Waals surface area contributed by atoms with Crippen molar-refractivity contribution in [2.24, 2.45) is 0 Å². The Morgan fingerprint density at radius 3 is 1.89 bits per heavy atom. The molecule has 18 heavy (non-hydrogen) atoms. The van der Waals surface area contributed by atoms with Gasteiger partial charge in [0, 0.05) is 19.3 Å². The lowest BCUT2D eigenvalue weighted by atomic mass is 10.2. The minimum atomic E-state index is 0.626. The van der Waals surface area contributed by atoms with Crippen molar-refractivity contribution in [2.45, 2.75) is 84.6 Å². The molecule has 2 heteroatoms. The van der Waals surface area contributed by atoms with E-state index >= 15 is 0 Å². The normalized spacial score (nSPS) is 11.3. The third kappa shape index (κ3) is 15.9. The molecule has 0 saturated heterocycles. The maximum absolute atomic E-state index is 5.64. The molecule has 0 amide bonds. The lowest BCUT2D eigenvalue weighted by Crippen LogP contribution is -2.23. The van der Waals surface area contributed by atoms with Crippen molar-refractivity contribution in [3.8, 4) is 0 Å². The zero-order chi connectivity index (χ0) is 13.5. The highest BCUT2D eigenvalue weighted by molar-refractivity contribution is 4.53. The molecule has 0 fully saturated rings. The predicted molar refractivity (Wildman–Crippen MR) is 81.2 cm³/mol. The number of nitrogens with one attached hydrogen (secondary N) is 1. The first-order valence-electron chi connectivity index (χ1n) is 8.08. The van der Waals surface area contributed by atoms with E-state index in [-0.39, 0.29) is 0 Å². The lowest BCUT2D eigenvalue weighted by Gasteiger charge is -2.07. The van der Waals surface area contributed by atoms with Crippen LogP contribution in [0.15, 0.2) is 0 Å². The van der Waals surface area contributed by atoms with Gasteiger partial charge in [0.05, 0.1) is 0 Å². The number of unbranched alkanes of at least 4 members (excludes halogenated alkanes) is 7. The van der Waals surface area contributed by atoms with Gasteiger partial charge in [0.2, 0.25) is 0 Å². The van der Waals surface area contributed by atoms with Crippen molar-refractivity contribution in [3.63, 3.8) is 0 Å². The van der Waals surface area contributed by atoms with Crippen LogP contribution >= 0.6 is 0 Å². The van der Waals surface area contributed by atoms with Crippen molar-refractivity contribution in [1.29, 1.82) is 0 Å². The zero-order valence-corrected chi connectivity index (χ0v) is 13.0. The van der Waals surface area contributed by atoms with E-state index in [1.807, 2.05) is 0 Å². The third-order valence-corrected chi connectivity index (χ3v) is 3.16. The maximum Gasteiger partial charge on any atom is 0.0466 e. The molecule has 0 aliphatic carbocycles. The van der Waals surface area contributed by atoms with Gasteiger partial charge in [0.15, 0.2) is 0 Å². The summed E-state index contributed by atoms with van der Waals surface area (Å²) in [5.74, 6) is 0. The van der Waals surface area contributed by atoms with Crippen LogP contribution in [0.25, 0.3) is 0 Å². The Bertz CT molecular complexity index is 148. The molecule has 0 radical (unpaired) electrons. The van der Waals surface area contributed by atoms with Crippen LogP contribution in [0.2, 0.25) is 0 Å². The zero-order valence-electron chi connectivity index (χ0n) is 13.0. The second kappa shape index (κ2) is 15.0. The standard InChI is InChI=1S/C16H35NO/c1-4-5-6-8-11-14-18-15-12-9-7-10-13-17-16(2)3/h16-17H,4-15H2,1-3H3. The van der Waals surface area contributed by atoms with E-state index in [1.165, 1.54) is 57.8 Å². The van der Waals surface area contributed by atoms with Crippen LogP contribution in [-0.4, -0.2) is 25.8 Å². The summed E-state index contributed by atoms with van der Waals surface area (Å²) in [5, 5.41) is 3.45. The summed E-state index contributed by atoms with van der Waals surface area (Å²) in [6.07, 6.45) is 11.9. The van der Waals surface area contributed by atoms with E-state index in [0.717, 1.165) is 19.8 Å². The van der Waals surface area contributed by atoms with E-state index < -0.39 is 0 Å². The first-order chi connectivity index (χ1) is 8.77. The Hall–Kier alpha value is -0.0800. The minimum absolute atomic E-state index is 0.626. The average Bonchev–Trinajstić information content (AvgIpc) is 2.34. The fraction of sp³-hybridized carbons (Fsp3) is 1.00. The van der Waals surface area contributed by atoms with Gasteiger partial charge < -0.3 is 10.1 Å². The van der Waals surface area contributed by atoms with Crippen molar-refractivity contribution in [3.05, 3.63) is 0 Å². The fourth-order valence-corrected chi connectivity index (χ4v) is 1.98. The van der Waals surface area contributed by atoms with Crippen LogP contribution in [0.5, 0.6) is 0 Å². The molecule has 1 N–H and O–H groups in total. The summed E-state index contributed by atoms with van der Waals surface area (Å²) < 4.78 is 5.64. The molecule has 0 spiro atoms. The lowest BCUT2D eigenvalue weighted by molar-refractivity contribution is 0.125. The van der Waals surface area contributed by atoms with Gasteiger partial charge in [-0.15, -0.1) is 0 Å². The van der Waals surface area contributed by atoms with E-state index in [1.54, 1.807) is 0 Å². The molecule has 0 atom stereocenters. The highest BCUT2D eigenvalue weighted by Gasteiger charge is 1.94. The van der Waals surface area contributed by atoms with Gasteiger partial charge in [-0.2, -0.15) is 0 Å². The van der Waals surface area contributed by atoms with Gasteiger partial charge in [0.25, 0.3) is 0 Å². The van der Waals surface area contributed by atoms with Crippen LogP contribution in [-0.2, 0) is 4.74 Å². The minimum Gasteiger partial charge on any atom is -0.381 e. The summed E-state index contributed by atoms with van der Waals surface area (Å²) in [5.41, 5.74) is 0. The Balaban J connectivity index is 2.90. The smallest absolute Gasteiger partial charge is 0.0466 e. The van der Waals surface area contributed by atoms with Gasteiger partial charge in [-0.3, -0.25) is 0 Å². The van der Waals surface area contributed by atoms with Crippen molar-refractivity contribution in [1.82, 2.24) is 5.32 Å². The second-order valence-electron chi connectivity index (χ2n) is 5.55. The first-order valence-corrected chi connectivity index (χ1v) is 8.08. The topological polar surface area (TPSA) is 21.3 Å². The largest absolute Gasteiger partial charge is 0.381 e. The summed E-state index contributed by atoms with van der Waals surface area (Å²) in [4.78, 5) is 0. The number of hydrogen-bond donors (Lipinski definition) is 1. The molecule has 0 aliphatic rings. The van der Waals surface area contributed by atoms with Gasteiger partial charge in [-0.05, 0) is 25.8 Å². The van der Waals surface area contributed by atoms with Crippen LogP contribution in [0.1, 0.15) is 78.6 Å². The number of hydrogen-bond acceptors (Lipinski definition) is 2. The SMILES string of the molecule is CCCCCCCOCCCCCCNC(C)C. The van der Waals surface area contributed by atoms with Crippen molar-refractivity contribution >= 4 is 0 Å². The van der Waals surface area contributed by atoms with Crippen LogP contribution in [0.3, 0.4) is 0 Å². The van der Waals surface area contributed by atoms with Crippen LogP contribution in [0.4, 0.5) is 0 Å². The monoisotopic (exact) mass is 257 g/mol. The molecule has 0 aromatic rings. The Kier molecular flexibility index (Phi) is 14.9. The molecule has 0 unspecified atom stereocenters. The van der Waals surface area contributed by atoms with E-state index in [0.29, 0.717) is 6.04 Å². The predicted octanol–water partition coefficient (Wildman–Crippen LogP) is 4.53. The van der Waals surface area contributed by atoms with Gasteiger partial charge in [0.1, 0.15) is 0 Å². The second-order valence-corrected chi connectivity index (χ2v) is 5.55. The van der Waals surface area contributed by atoms with Crippen molar-refractivity contribution in [2.75, 3.05) is 19.8 Å². The molecule has 0 bridgehead atoms. The van der Waals surface area contributed by atoms with E-state index in [2.05, 4.69) is 26.1 Å². The molecule has 0 aliphatic heterocycles. The Morgan fingerprint density at radius 1 is 0.778 bits per heavy atom. The molecule has 2 nitrogen and oxygen atoms in total. The molecule has 0 rings (SSSR count). The van der Waals surface area contributed by atoms with Gasteiger partial charge >= 0.3 is 0 Å². The summed E-state index contributed by atoms with van der Waals surface area (Å²) in [6, 6.07) is 0.626. The quantitative estimate of drug-likeness (QED) is 0.462. The molecule has 0 saturated carbocycles. The number of ether oxygens (including phenoxy) is 1. The molecule has 110 valence electrons. The van der Waals surface area contributed by atoms with Crippen LogP contribution < -0.4 is 5.32 Å². The van der Waals surface area contributed by atoms with Crippen LogP contribution in [0, 0.1) is 0 Å². The van der Waals surface area contributed by atoms with E-state index in [4.69, 9.17) is 4.74 Å². The highest BCUT2D eigenvalue weighted by Crippen LogP contribution is 2.03. The molecular weight excluding hydrogens is 222 g/mol. The van der Waals surface area contributed by atoms with E-state index in [9.17, 15) is 0 Å². The maximum atomic E-state index is 5.64. The van der Waals surface area contributed by atoms with Gasteiger partial charge in [-0.25, -0.2) is 0 Å². The summed E-state index contributed by atoms with van der Waals surface area (Å²) >= 11 is 0. The molecule has 0 heterocycles. The molecular formula is C16H35NO. The molecule has 0 aromatic carbocycles. The number of rotatable bonds is 14. The first kappa shape index (κ1) is 17.9. The fourth-order valence-electron chi connectivity index (χ4n) is 1.98. The Morgan fingerprint density at radius 2 is 1.33 bits per heavy atom. The van der Waals surface area contributed by atoms with Crippen molar-refractivity contribution < 1.29 is 4.74 Å². The molecule has 0 aromatic heterocycles. The summed E-state index contributed by atoms with van der Waals surface area (Å²) in [7, 11) is 0. The average molecular weight is 257 g/mol. The highest BCUT2D eigenvalue weighted by atomic mass is 16.5.